The van der Waals surface area contributed by atoms with Crippen LogP contribution in [0, 0.1) is 0 Å². The van der Waals surface area contributed by atoms with Gasteiger partial charge in [0.15, 0.2) is 0 Å². The number of rotatable bonds is 5. The van der Waals surface area contributed by atoms with E-state index in [-0.39, 0.29) is 12.2 Å². The molecule has 1 fully saturated rings. The number of carbonyl (C=O) groups excluding carboxylic acids is 1. The number of sulfonamides is 1. The Hall–Kier alpha value is -0.660. The molecule has 0 aliphatic carbocycles. The Balaban J connectivity index is 2.28. The van der Waals surface area contributed by atoms with Crippen molar-refractivity contribution in [3.05, 3.63) is 0 Å². The molecule has 0 radical (unpaired) electrons. The number of carbonyl (C=O) groups is 1. The first kappa shape index (κ1) is 11.4. The summed E-state index contributed by atoms with van der Waals surface area (Å²) >= 11 is 0. The Morgan fingerprint density at radius 2 is 2.00 bits per heavy atom. The highest BCUT2D eigenvalue weighted by Crippen LogP contribution is 1.96. The molecule has 1 heterocycles. The molecule has 0 aromatic heterocycles. The summed E-state index contributed by atoms with van der Waals surface area (Å²) in [6.07, 6.45) is 0.189. The Morgan fingerprint density at radius 1 is 1.36 bits per heavy atom. The number of hydrogen-bond acceptors (Lipinski definition) is 5. The lowest BCUT2D eigenvalue weighted by atomic mass is 10.4. The van der Waals surface area contributed by atoms with E-state index in [9.17, 15) is 13.2 Å². The van der Waals surface area contributed by atoms with Crippen molar-refractivity contribution in [3.63, 3.8) is 0 Å². The van der Waals surface area contributed by atoms with Gasteiger partial charge in [0.2, 0.25) is 16.4 Å². The zero-order chi connectivity index (χ0) is 10.4. The van der Waals surface area contributed by atoms with Crippen LogP contribution in [0.2, 0.25) is 0 Å². The third-order valence-electron chi connectivity index (χ3n) is 2.01. The highest BCUT2D eigenvalue weighted by atomic mass is 32.2. The van der Waals surface area contributed by atoms with Crippen molar-refractivity contribution in [1.29, 1.82) is 0 Å². The summed E-state index contributed by atoms with van der Waals surface area (Å²) < 4.78 is 29.1. The van der Waals surface area contributed by atoms with Crippen LogP contribution in [0.4, 0.5) is 0 Å². The predicted molar refractivity (Wildman–Crippen MR) is 50.2 cm³/mol. The minimum absolute atomic E-state index is 0.0499. The van der Waals surface area contributed by atoms with Crippen LogP contribution in [0.5, 0.6) is 0 Å². The lowest BCUT2D eigenvalue weighted by molar-refractivity contribution is -0.108. The number of amides is 1. The van der Waals surface area contributed by atoms with E-state index in [1.54, 1.807) is 4.72 Å². The average molecular weight is 222 g/mol. The first-order chi connectivity index (χ1) is 6.64. The fourth-order valence-corrected chi connectivity index (χ4v) is 1.97. The molecular formula is C7H14N2O4S. The molecule has 0 aromatic rings. The third kappa shape index (κ3) is 4.03. The van der Waals surface area contributed by atoms with Crippen LogP contribution in [0.15, 0.2) is 0 Å². The van der Waals surface area contributed by atoms with Gasteiger partial charge in [-0.05, 0) is 0 Å². The van der Waals surface area contributed by atoms with Crippen LogP contribution in [-0.4, -0.2) is 58.3 Å². The monoisotopic (exact) mass is 222 g/mol. The molecule has 1 amide bonds. The zero-order valence-corrected chi connectivity index (χ0v) is 8.62. The summed E-state index contributed by atoms with van der Waals surface area (Å²) in [5.74, 6) is -0.0499. The van der Waals surface area contributed by atoms with Gasteiger partial charge in [-0.1, -0.05) is 0 Å². The Bertz CT molecular complexity index is 271. The number of nitrogens with zero attached hydrogens (tertiary/aromatic N) is 1. The van der Waals surface area contributed by atoms with Crippen molar-refractivity contribution in [1.82, 2.24) is 9.62 Å². The second-order valence-electron chi connectivity index (χ2n) is 3.01. The molecule has 1 saturated heterocycles. The van der Waals surface area contributed by atoms with Gasteiger partial charge in [-0.25, -0.2) is 8.42 Å². The molecule has 1 aliphatic heterocycles. The Kier molecular flexibility index (Phi) is 4.30. The smallest absolute Gasteiger partial charge is 0.235 e. The Labute approximate surface area is 83.3 Å². The van der Waals surface area contributed by atoms with Crippen LogP contribution in [0.1, 0.15) is 0 Å². The van der Waals surface area contributed by atoms with Gasteiger partial charge in [0.25, 0.3) is 0 Å². The third-order valence-corrected chi connectivity index (χ3v) is 3.18. The molecule has 1 aliphatic rings. The molecule has 0 bridgehead atoms. The molecule has 0 saturated carbocycles. The second-order valence-corrected chi connectivity index (χ2v) is 4.88. The molecular weight excluding hydrogens is 208 g/mol. The van der Waals surface area contributed by atoms with Crippen molar-refractivity contribution in [2.24, 2.45) is 0 Å². The van der Waals surface area contributed by atoms with E-state index in [0.29, 0.717) is 19.8 Å². The molecule has 0 atom stereocenters. The SMILES string of the molecule is O=CNS(=O)(=O)CCN1CCOCC1. The van der Waals surface area contributed by atoms with Gasteiger partial charge in [-0.2, -0.15) is 0 Å². The van der Waals surface area contributed by atoms with Crippen LogP contribution >= 0.6 is 0 Å². The van der Waals surface area contributed by atoms with Crippen LogP contribution in [0.3, 0.4) is 0 Å². The maximum atomic E-state index is 11.1. The van der Waals surface area contributed by atoms with Crippen LogP contribution in [-0.2, 0) is 19.6 Å². The summed E-state index contributed by atoms with van der Waals surface area (Å²) in [7, 11) is -3.43. The van der Waals surface area contributed by atoms with Gasteiger partial charge in [0.1, 0.15) is 0 Å². The lowest BCUT2D eigenvalue weighted by Gasteiger charge is -2.26. The number of ether oxygens (including phenoxy) is 1. The second kappa shape index (κ2) is 5.28. The van der Waals surface area contributed by atoms with E-state index in [1.165, 1.54) is 0 Å². The topological polar surface area (TPSA) is 75.7 Å². The summed E-state index contributed by atoms with van der Waals surface area (Å²) in [6, 6.07) is 0. The summed E-state index contributed by atoms with van der Waals surface area (Å²) in [5, 5.41) is 0. The van der Waals surface area contributed by atoms with E-state index in [2.05, 4.69) is 0 Å². The van der Waals surface area contributed by atoms with Crippen molar-refractivity contribution in [2.45, 2.75) is 0 Å². The van der Waals surface area contributed by atoms with Crippen molar-refractivity contribution >= 4 is 16.4 Å². The van der Waals surface area contributed by atoms with Gasteiger partial charge in [0, 0.05) is 19.6 Å². The number of hydrogen-bond donors (Lipinski definition) is 1. The molecule has 1 rings (SSSR count). The minimum atomic E-state index is -3.43. The van der Waals surface area contributed by atoms with E-state index in [1.807, 2.05) is 4.90 Å². The summed E-state index contributed by atoms with van der Waals surface area (Å²) in [5.41, 5.74) is 0. The normalized spacial score (nSPS) is 19.1. The first-order valence-electron chi connectivity index (χ1n) is 4.38. The maximum Gasteiger partial charge on any atom is 0.235 e. The zero-order valence-electron chi connectivity index (χ0n) is 7.81. The van der Waals surface area contributed by atoms with E-state index >= 15 is 0 Å². The fourth-order valence-electron chi connectivity index (χ4n) is 1.21. The Morgan fingerprint density at radius 3 is 2.57 bits per heavy atom. The highest BCUT2D eigenvalue weighted by molar-refractivity contribution is 7.89. The minimum Gasteiger partial charge on any atom is -0.379 e. The summed E-state index contributed by atoms with van der Waals surface area (Å²) in [6.45, 7) is 3.21. The van der Waals surface area contributed by atoms with E-state index in [0.717, 1.165) is 13.1 Å². The molecule has 0 aromatic carbocycles. The van der Waals surface area contributed by atoms with Crippen molar-refractivity contribution in [2.75, 3.05) is 38.6 Å². The molecule has 14 heavy (non-hydrogen) atoms. The van der Waals surface area contributed by atoms with Crippen molar-refractivity contribution in [3.8, 4) is 0 Å². The average Bonchev–Trinajstić information content (AvgIpc) is 2.17. The standard InChI is InChI=1S/C7H14N2O4S/c10-7-8-14(11,12)6-3-9-1-4-13-5-2-9/h7H,1-6H2,(H,8,10). The van der Waals surface area contributed by atoms with Gasteiger partial charge in [0.05, 0.1) is 19.0 Å². The van der Waals surface area contributed by atoms with Crippen LogP contribution in [0.25, 0.3) is 0 Å². The molecule has 7 heteroatoms. The summed E-state index contributed by atoms with van der Waals surface area (Å²) in [4.78, 5) is 11.9. The van der Waals surface area contributed by atoms with Gasteiger partial charge in [-0.15, -0.1) is 0 Å². The van der Waals surface area contributed by atoms with Crippen molar-refractivity contribution < 1.29 is 17.9 Å². The fraction of sp³-hybridized carbons (Fsp3) is 0.857. The van der Waals surface area contributed by atoms with E-state index < -0.39 is 10.0 Å². The van der Waals surface area contributed by atoms with Gasteiger partial charge in [-0.3, -0.25) is 14.4 Å². The quantitative estimate of drug-likeness (QED) is 0.567. The van der Waals surface area contributed by atoms with E-state index in [4.69, 9.17) is 4.74 Å². The first-order valence-corrected chi connectivity index (χ1v) is 6.03. The molecule has 6 nitrogen and oxygen atoms in total. The lowest BCUT2D eigenvalue weighted by Crippen LogP contribution is -2.40. The molecule has 0 unspecified atom stereocenters. The molecule has 0 spiro atoms. The highest BCUT2D eigenvalue weighted by Gasteiger charge is 2.14. The molecule has 82 valence electrons. The van der Waals surface area contributed by atoms with Gasteiger partial charge >= 0.3 is 0 Å². The number of morpholine rings is 1. The number of nitrogens with one attached hydrogen (secondary N) is 1. The maximum absolute atomic E-state index is 11.1. The largest absolute Gasteiger partial charge is 0.379 e. The van der Waals surface area contributed by atoms with Crippen LogP contribution < -0.4 is 4.72 Å². The van der Waals surface area contributed by atoms with Gasteiger partial charge < -0.3 is 4.74 Å². The predicted octanol–water partition coefficient (Wildman–Crippen LogP) is -1.61. The molecule has 1 N–H and O–H groups in total.